The van der Waals surface area contributed by atoms with Gasteiger partial charge in [0.05, 0.1) is 11.8 Å². The number of rotatable bonds is 6. The summed E-state index contributed by atoms with van der Waals surface area (Å²) in [5.74, 6) is 0.282. The number of nitrogens with zero attached hydrogens (tertiary/aromatic N) is 1. The second-order valence-corrected chi connectivity index (χ2v) is 5.16. The maximum absolute atomic E-state index is 12.3. The van der Waals surface area contributed by atoms with Crippen molar-refractivity contribution in [1.82, 2.24) is 5.16 Å². The van der Waals surface area contributed by atoms with E-state index in [0.29, 0.717) is 11.4 Å². The maximum Gasteiger partial charge on any atom is 0.350 e. The number of ether oxygens (including phenoxy) is 2. The number of aromatic hydroxyl groups is 1. The molecule has 0 radical (unpaired) electrons. The van der Waals surface area contributed by atoms with E-state index in [0.717, 1.165) is 0 Å². The molecule has 1 atom stereocenters. The summed E-state index contributed by atoms with van der Waals surface area (Å²) in [5.41, 5.74) is -0.265. The number of benzene rings is 1. The van der Waals surface area contributed by atoms with Gasteiger partial charge in [-0.1, -0.05) is 23.4 Å². The Hall–Kier alpha value is -3.26. The van der Waals surface area contributed by atoms with Crippen LogP contribution in [0.5, 0.6) is 17.4 Å². The van der Waals surface area contributed by atoms with Gasteiger partial charge in [-0.25, -0.2) is 4.79 Å². The third-order valence-corrected chi connectivity index (χ3v) is 3.30. The van der Waals surface area contributed by atoms with Crippen molar-refractivity contribution < 1.29 is 23.5 Å². The standard InChI is InChI=1S/C17H16N2O6/c1-10-8-13(25-19-10)18-16(22-2)15-12(20)9-14(24-17(15)21)23-11-6-4-3-5-7-11/h3-9,16,18,20H,1-2H3. The molecule has 3 rings (SSSR count). The summed E-state index contributed by atoms with van der Waals surface area (Å²) < 4.78 is 20.8. The first-order valence-electron chi connectivity index (χ1n) is 7.39. The van der Waals surface area contributed by atoms with Crippen LogP contribution in [0.25, 0.3) is 0 Å². The van der Waals surface area contributed by atoms with Crippen LogP contribution in [0.1, 0.15) is 17.5 Å². The summed E-state index contributed by atoms with van der Waals surface area (Å²) in [6, 6.07) is 11.6. The van der Waals surface area contributed by atoms with Crippen molar-refractivity contribution in [2.45, 2.75) is 13.2 Å². The van der Waals surface area contributed by atoms with E-state index in [2.05, 4.69) is 10.5 Å². The number of methoxy groups -OCH3 is 1. The summed E-state index contributed by atoms with van der Waals surface area (Å²) in [4.78, 5) is 12.3. The lowest BCUT2D eigenvalue weighted by Gasteiger charge is -2.16. The Kier molecular flexibility index (Phi) is 4.71. The van der Waals surface area contributed by atoms with E-state index in [1.807, 2.05) is 6.07 Å². The monoisotopic (exact) mass is 344 g/mol. The fourth-order valence-electron chi connectivity index (χ4n) is 2.18. The van der Waals surface area contributed by atoms with Crippen LogP contribution in [-0.4, -0.2) is 17.4 Å². The third-order valence-electron chi connectivity index (χ3n) is 3.30. The van der Waals surface area contributed by atoms with Crippen LogP contribution in [0, 0.1) is 6.92 Å². The lowest BCUT2D eigenvalue weighted by molar-refractivity contribution is 0.117. The molecule has 0 saturated heterocycles. The average Bonchev–Trinajstić information content (AvgIpc) is 2.99. The van der Waals surface area contributed by atoms with Crippen molar-refractivity contribution in [1.29, 1.82) is 0 Å². The number of hydrogen-bond acceptors (Lipinski definition) is 8. The SMILES string of the molecule is COC(Nc1cc(C)no1)c1c(O)cc(Oc2ccccc2)oc1=O. The molecule has 0 aliphatic carbocycles. The normalized spacial score (nSPS) is 11.9. The molecule has 0 amide bonds. The molecule has 1 unspecified atom stereocenters. The number of anilines is 1. The summed E-state index contributed by atoms with van der Waals surface area (Å²) in [5, 5.41) is 16.8. The van der Waals surface area contributed by atoms with Gasteiger partial charge in [0, 0.05) is 13.2 Å². The van der Waals surface area contributed by atoms with E-state index in [4.69, 9.17) is 18.4 Å². The Morgan fingerprint density at radius 3 is 2.60 bits per heavy atom. The zero-order chi connectivity index (χ0) is 17.8. The zero-order valence-electron chi connectivity index (χ0n) is 13.6. The second kappa shape index (κ2) is 7.10. The molecule has 2 aromatic heterocycles. The number of para-hydroxylation sites is 1. The average molecular weight is 344 g/mol. The van der Waals surface area contributed by atoms with Gasteiger partial charge in [-0.05, 0) is 19.1 Å². The summed E-state index contributed by atoms with van der Waals surface area (Å²) in [6.45, 7) is 1.75. The molecule has 8 heteroatoms. The van der Waals surface area contributed by atoms with E-state index in [1.165, 1.54) is 13.2 Å². The van der Waals surface area contributed by atoms with Gasteiger partial charge in [-0.15, -0.1) is 0 Å². The first-order valence-corrected chi connectivity index (χ1v) is 7.39. The minimum Gasteiger partial charge on any atom is -0.507 e. The summed E-state index contributed by atoms with van der Waals surface area (Å²) >= 11 is 0. The van der Waals surface area contributed by atoms with Crippen molar-refractivity contribution in [2.75, 3.05) is 12.4 Å². The maximum atomic E-state index is 12.3. The van der Waals surface area contributed by atoms with Crippen LogP contribution in [0.15, 0.2) is 56.2 Å². The van der Waals surface area contributed by atoms with Crippen LogP contribution in [-0.2, 0) is 4.74 Å². The fourth-order valence-corrected chi connectivity index (χ4v) is 2.18. The quantitative estimate of drug-likeness (QED) is 0.657. The molecule has 25 heavy (non-hydrogen) atoms. The minimum absolute atomic E-state index is 0.114. The first-order chi connectivity index (χ1) is 12.1. The molecule has 0 bridgehead atoms. The Bertz CT molecular complexity index is 903. The van der Waals surface area contributed by atoms with Gasteiger partial charge in [0.1, 0.15) is 17.1 Å². The van der Waals surface area contributed by atoms with Crippen molar-refractivity contribution in [2.24, 2.45) is 0 Å². The van der Waals surface area contributed by atoms with Crippen molar-refractivity contribution >= 4 is 5.88 Å². The minimum atomic E-state index is -0.991. The predicted octanol–water partition coefficient (Wildman–Crippen LogP) is 3.19. The van der Waals surface area contributed by atoms with Crippen molar-refractivity contribution in [3.8, 4) is 17.4 Å². The fraction of sp³-hybridized carbons (Fsp3) is 0.176. The van der Waals surface area contributed by atoms with Gasteiger partial charge in [0.25, 0.3) is 5.95 Å². The van der Waals surface area contributed by atoms with Crippen LogP contribution >= 0.6 is 0 Å². The Morgan fingerprint density at radius 1 is 1.24 bits per heavy atom. The molecule has 0 aliphatic heterocycles. The number of hydrogen-bond donors (Lipinski definition) is 2. The first kappa shape index (κ1) is 16.6. The largest absolute Gasteiger partial charge is 0.507 e. The van der Waals surface area contributed by atoms with E-state index in [-0.39, 0.29) is 23.1 Å². The molecular weight excluding hydrogens is 328 g/mol. The highest BCUT2D eigenvalue weighted by Gasteiger charge is 2.23. The highest BCUT2D eigenvalue weighted by Crippen LogP contribution is 2.30. The lowest BCUT2D eigenvalue weighted by atomic mass is 10.2. The third kappa shape index (κ3) is 3.81. The molecule has 1 aromatic carbocycles. The number of aryl methyl sites for hydroxylation is 1. The van der Waals surface area contributed by atoms with Crippen LogP contribution in [0.4, 0.5) is 5.88 Å². The van der Waals surface area contributed by atoms with E-state index in [9.17, 15) is 9.90 Å². The molecule has 8 nitrogen and oxygen atoms in total. The van der Waals surface area contributed by atoms with Crippen LogP contribution in [0.2, 0.25) is 0 Å². The summed E-state index contributed by atoms with van der Waals surface area (Å²) in [6.07, 6.45) is -0.991. The highest BCUT2D eigenvalue weighted by atomic mass is 16.6. The van der Waals surface area contributed by atoms with E-state index < -0.39 is 11.9 Å². The van der Waals surface area contributed by atoms with Gasteiger partial charge in [-0.2, -0.15) is 0 Å². The molecule has 0 aliphatic rings. The molecule has 2 heterocycles. The van der Waals surface area contributed by atoms with E-state index in [1.54, 1.807) is 37.3 Å². The molecule has 0 spiro atoms. The van der Waals surface area contributed by atoms with Gasteiger partial charge < -0.3 is 28.8 Å². The number of nitrogens with one attached hydrogen (secondary N) is 1. The van der Waals surface area contributed by atoms with Crippen LogP contribution < -0.4 is 15.7 Å². The van der Waals surface area contributed by atoms with Gasteiger partial charge >= 0.3 is 5.63 Å². The molecular formula is C17H16N2O6. The van der Waals surface area contributed by atoms with Gasteiger partial charge in [-0.3, -0.25) is 0 Å². The molecule has 0 saturated carbocycles. The molecule has 3 aromatic rings. The second-order valence-electron chi connectivity index (χ2n) is 5.16. The van der Waals surface area contributed by atoms with Gasteiger partial charge in [0.2, 0.25) is 5.88 Å². The molecule has 130 valence electrons. The van der Waals surface area contributed by atoms with Crippen molar-refractivity contribution in [3.05, 3.63) is 64.1 Å². The van der Waals surface area contributed by atoms with E-state index >= 15 is 0 Å². The Morgan fingerprint density at radius 2 is 2.00 bits per heavy atom. The predicted molar refractivity (Wildman–Crippen MR) is 87.8 cm³/mol. The molecule has 2 N–H and O–H groups in total. The van der Waals surface area contributed by atoms with Gasteiger partial charge in [0.15, 0.2) is 6.23 Å². The van der Waals surface area contributed by atoms with Crippen LogP contribution in [0.3, 0.4) is 0 Å². The smallest absolute Gasteiger partial charge is 0.350 e. The van der Waals surface area contributed by atoms with Crippen molar-refractivity contribution in [3.63, 3.8) is 0 Å². The number of aromatic nitrogens is 1. The Labute approximate surface area is 142 Å². The highest BCUT2D eigenvalue weighted by molar-refractivity contribution is 5.40. The summed E-state index contributed by atoms with van der Waals surface area (Å²) in [7, 11) is 1.37. The topological polar surface area (TPSA) is 107 Å². The lowest BCUT2D eigenvalue weighted by Crippen LogP contribution is -2.20. The molecule has 0 fully saturated rings. The Balaban J connectivity index is 1.87. The zero-order valence-corrected chi connectivity index (χ0v) is 13.6.